The van der Waals surface area contributed by atoms with Crippen LogP contribution in [0.4, 0.5) is 0 Å². The molecule has 1 aromatic rings. The number of aryl methyl sites for hydroxylation is 2. The molecule has 1 aliphatic rings. The highest BCUT2D eigenvalue weighted by Crippen LogP contribution is 2.24. The second-order valence-electron chi connectivity index (χ2n) is 4.79. The van der Waals surface area contributed by atoms with Crippen LogP contribution in [0.25, 0.3) is 0 Å². The number of piperazine rings is 1. The van der Waals surface area contributed by atoms with Crippen molar-refractivity contribution in [2.75, 3.05) is 19.6 Å². The zero-order valence-corrected chi connectivity index (χ0v) is 13.3. The van der Waals surface area contributed by atoms with E-state index < -0.39 is 10.0 Å². The van der Waals surface area contributed by atoms with Crippen molar-refractivity contribution in [3.8, 4) is 0 Å². The summed E-state index contributed by atoms with van der Waals surface area (Å²) >= 11 is 0. The van der Waals surface area contributed by atoms with Gasteiger partial charge in [0.25, 0.3) is 0 Å². The van der Waals surface area contributed by atoms with Gasteiger partial charge in [-0.15, -0.1) is 12.4 Å². The van der Waals surface area contributed by atoms with Gasteiger partial charge in [0.15, 0.2) is 0 Å². The van der Waals surface area contributed by atoms with Crippen LogP contribution >= 0.6 is 12.4 Å². The van der Waals surface area contributed by atoms with Gasteiger partial charge in [0.05, 0.1) is 11.4 Å². The highest BCUT2D eigenvalue weighted by atomic mass is 35.5. The van der Waals surface area contributed by atoms with Gasteiger partial charge in [0.1, 0.15) is 4.90 Å². The molecule has 1 aromatic heterocycles. The molecular weight excluding hydrogens is 288 g/mol. The zero-order chi connectivity index (χ0) is 13.5. The first-order valence-electron chi connectivity index (χ1n) is 6.08. The minimum Gasteiger partial charge on any atom is -0.314 e. The maximum absolute atomic E-state index is 12.7. The highest BCUT2D eigenvalue weighted by molar-refractivity contribution is 7.89. The standard InChI is InChI=1S/C11H20N4O2S.ClH/c1-8-7-12-5-6-15(8)18(16,17)11-9(2)13-14(4)10(11)3;/h8,12H,5-7H2,1-4H3;1H. The van der Waals surface area contributed by atoms with E-state index in [1.54, 1.807) is 29.9 Å². The van der Waals surface area contributed by atoms with Gasteiger partial charge >= 0.3 is 0 Å². The Balaban J connectivity index is 0.00000180. The summed E-state index contributed by atoms with van der Waals surface area (Å²) in [6, 6.07) is -0.0252. The van der Waals surface area contributed by atoms with Gasteiger partial charge in [-0.2, -0.15) is 9.40 Å². The first-order valence-corrected chi connectivity index (χ1v) is 7.52. The molecule has 1 fully saturated rings. The van der Waals surface area contributed by atoms with E-state index in [4.69, 9.17) is 0 Å². The third-order valence-electron chi connectivity index (χ3n) is 3.45. The van der Waals surface area contributed by atoms with E-state index in [2.05, 4.69) is 10.4 Å². The highest BCUT2D eigenvalue weighted by Gasteiger charge is 2.34. The van der Waals surface area contributed by atoms with Crippen LogP contribution in [0.3, 0.4) is 0 Å². The van der Waals surface area contributed by atoms with Crippen LogP contribution in [-0.2, 0) is 17.1 Å². The van der Waals surface area contributed by atoms with Gasteiger partial charge in [-0.3, -0.25) is 4.68 Å². The molecule has 6 nitrogen and oxygen atoms in total. The lowest BCUT2D eigenvalue weighted by molar-refractivity contribution is 0.283. The molecule has 19 heavy (non-hydrogen) atoms. The van der Waals surface area contributed by atoms with Crippen LogP contribution in [-0.4, -0.2) is 48.2 Å². The first kappa shape index (κ1) is 16.4. The molecule has 1 atom stereocenters. The van der Waals surface area contributed by atoms with Crippen LogP contribution in [0.2, 0.25) is 0 Å². The Labute approximate surface area is 120 Å². The van der Waals surface area contributed by atoms with Crippen molar-refractivity contribution in [1.82, 2.24) is 19.4 Å². The summed E-state index contributed by atoms with van der Waals surface area (Å²) in [5.74, 6) is 0. The molecule has 0 bridgehead atoms. The summed E-state index contributed by atoms with van der Waals surface area (Å²) in [6.07, 6.45) is 0. The lowest BCUT2D eigenvalue weighted by Gasteiger charge is -2.32. The van der Waals surface area contributed by atoms with E-state index in [-0.39, 0.29) is 18.4 Å². The molecule has 0 saturated carbocycles. The summed E-state index contributed by atoms with van der Waals surface area (Å²) in [4.78, 5) is 0.360. The fraction of sp³-hybridized carbons (Fsp3) is 0.727. The molecule has 0 aliphatic carbocycles. The van der Waals surface area contributed by atoms with Gasteiger partial charge in [-0.25, -0.2) is 8.42 Å². The van der Waals surface area contributed by atoms with Gasteiger partial charge in [-0.1, -0.05) is 0 Å². The average molecular weight is 309 g/mol. The number of hydrogen-bond donors (Lipinski definition) is 1. The molecule has 8 heteroatoms. The fourth-order valence-corrected chi connectivity index (χ4v) is 4.46. The van der Waals surface area contributed by atoms with E-state index in [1.165, 1.54) is 0 Å². The van der Waals surface area contributed by atoms with Crippen molar-refractivity contribution in [2.45, 2.75) is 31.7 Å². The minimum absolute atomic E-state index is 0. The number of rotatable bonds is 2. The molecule has 0 aromatic carbocycles. The third-order valence-corrected chi connectivity index (χ3v) is 5.72. The SMILES string of the molecule is Cc1nn(C)c(C)c1S(=O)(=O)N1CCNCC1C.Cl. The van der Waals surface area contributed by atoms with E-state index >= 15 is 0 Å². The van der Waals surface area contributed by atoms with Crippen LogP contribution in [0, 0.1) is 13.8 Å². The van der Waals surface area contributed by atoms with Crippen molar-refractivity contribution >= 4 is 22.4 Å². The maximum Gasteiger partial charge on any atom is 0.247 e. The normalized spacial score (nSPS) is 21.2. The fourth-order valence-electron chi connectivity index (χ4n) is 2.42. The van der Waals surface area contributed by atoms with Crippen LogP contribution in [0.5, 0.6) is 0 Å². The molecule has 2 heterocycles. The van der Waals surface area contributed by atoms with Crippen molar-refractivity contribution < 1.29 is 8.42 Å². The second kappa shape index (κ2) is 5.78. The van der Waals surface area contributed by atoms with Gasteiger partial charge < -0.3 is 5.32 Å². The molecule has 1 N–H and O–H groups in total. The zero-order valence-electron chi connectivity index (χ0n) is 11.7. The number of hydrogen-bond acceptors (Lipinski definition) is 4. The predicted octanol–water partition coefficient (Wildman–Crippen LogP) is 0.441. The Morgan fingerprint density at radius 3 is 2.47 bits per heavy atom. The summed E-state index contributed by atoms with van der Waals surface area (Å²) < 4.78 is 28.6. The number of nitrogens with one attached hydrogen (secondary N) is 1. The minimum atomic E-state index is -3.44. The molecular formula is C11H21ClN4O2S. The Hall–Kier alpha value is -0.630. The molecule has 1 unspecified atom stereocenters. The van der Waals surface area contributed by atoms with E-state index in [0.717, 1.165) is 0 Å². The van der Waals surface area contributed by atoms with Crippen LogP contribution in [0.1, 0.15) is 18.3 Å². The van der Waals surface area contributed by atoms with Crippen molar-refractivity contribution in [1.29, 1.82) is 0 Å². The molecule has 1 saturated heterocycles. The van der Waals surface area contributed by atoms with Crippen LogP contribution in [0.15, 0.2) is 4.90 Å². The molecule has 0 radical (unpaired) electrons. The quantitative estimate of drug-likeness (QED) is 0.861. The second-order valence-corrected chi connectivity index (χ2v) is 6.62. The Morgan fingerprint density at radius 2 is 2.00 bits per heavy atom. The topological polar surface area (TPSA) is 67.2 Å². The van der Waals surface area contributed by atoms with Crippen LogP contribution < -0.4 is 5.32 Å². The van der Waals surface area contributed by atoms with Gasteiger partial charge in [0, 0.05) is 32.7 Å². The molecule has 0 amide bonds. The molecule has 110 valence electrons. The molecule has 0 spiro atoms. The Morgan fingerprint density at radius 1 is 1.37 bits per heavy atom. The summed E-state index contributed by atoms with van der Waals surface area (Å²) in [5.41, 5.74) is 1.26. The lowest BCUT2D eigenvalue weighted by Crippen LogP contribution is -2.52. The predicted molar refractivity (Wildman–Crippen MR) is 76.2 cm³/mol. The monoisotopic (exact) mass is 308 g/mol. The largest absolute Gasteiger partial charge is 0.314 e. The number of nitrogens with zero attached hydrogens (tertiary/aromatic N) is 3. The molecule has 1 aliphatic heterocycles. The Bertz CT molecular complexity index is 555. The average Bonchev–Trinajstić information content (AvgIpc) is 2.53. The number of halogens is 1. The van der Waals surface area contributed by atoms with Crippen molar-refractivity contribution in [3.63, 3.8) is 0 Å². The Kier molecular flexibility index (Phi) is 5.00. The number of aromatic nitrogens is 2. The van der Waals surface area contributed by atoms with E-state index in [9.17, 15) is 8.42 Å². The first-order chi connectivity index (χ1) is 8.35. The van der Waals surface area contributed by atoms with Crippen molar-refractivity contribution in [2.24, 2.45) is 7.05 Å². The summed E-state index contributed by atoms with van der Waals surface area (Å²) in [6.45, 7) is 7.36. The maximum atomic E-state index is 12.7. The lowest BCUT2D eigenvalue weighted by atomic mass is 10.3. The van der Waals surface area contributed by atoms with Gasteiger partial charge in [-0.05, 0) is 20.8 Å². The smallest absolute Gasteiger partial charge is 0.247 e. The summed E-state index contributed by atoms with van der Waals surface area (Å²) in [5, 5.41) is 7.39. The molecule has 2 rings (SSSR count). The third kappa shape index (κ3) is 2.79. The van der Waals surface area contributed by atoms with E-state index in [1.807, 2.05) is 6.92 Å². The van der Waals surface area contributed by atoms with Gasteiger partial charge in [0.2, 0.25) is 10.0 Å². The van der Waals surface area contributed by atoms with Crippen molar-refractivity contribution in [3.05, 3.63) is 11.4 Å². The summed E-state index contributed by atoms with van der Waals surface area (Å²) in [7, 11) is -1.68. The van der Waals surface area contributed by atoms with E-state index in [0.29, 0.717) is 35.9 Å². The number of sulfonamides is 1.